The third-order valence-electron chi connectivity index (χ3n) is 3.18. The van der Waals surface area contributed by atoms with Crippen molar-refractivity contribution in [2.45, 2.75) is 26.7 Å². The number of carbonyl (C=O) groups is 1. The number of rotatable bonds is 5. The Hall–Kier alpha value is -0.570. The van der Waals surface area contributed by atoms with Crippen molar-refractivity contribution in [3.05, 3.63) is 0 Å². The summed E-state index contributed by atoms with van der Waals surface area (Å²) in [4.78, 5) is 13.6. The third kappa shape index (κ3) is 2.98. The Morgan fingerprint density at radius 3 is 2.64 bits per heavy atom. The fraction of sp³-hybridized carbons (Fsp3) is 0.909. The Kier molecular flexibility index (Phi) is 3.93. The van der Waals surface area contributed by atoms with Crippen LogP contribution in [0.5, 0.6) is 0 Å². The monoisotopic (exact) mass is 198 g/mol. The molecule has 0 aromatic heterocycles. The van der Waals surface area contributed by atoms with Crippen LogP contribution in [-0.2, 0) is 4.79 Å². The first-order valence-corrected chi connectivity index (χ1v) is 5.51. The number of nitrogens with two attached hydrogens (primary N) is 1. The van der Waals surface area contributed by atoms with Crippen LogP contribution in [0.15, 0.2) is 0 Å². The lowest BCUT2D eigenvalue weighted by atomic mass is 10.1. The molecule has 0 aromatic rings. The van der Waals surface area contributed by atoms with Gasteiger partial charge < -0.3 is 10.6 Å². The summed E-state index contributed by atoms with van der Waals surface area (Å²) >= 11 is 0. The fourth-order valence-electron chi connectivity index (χ4n) is 1.84. The topological polar surface area (TPSA) is 46.3 Å². The predicted molar refractivity (Wildman–Crippen MR) is 57.7 cm³/mol. The Balaban J connectivity index is 2.28. The van der Waals surface area contributed by atoms with Gasteiger partial charge in [-0.2, -0.15) is 0 Å². The summed E-state index contributed by atoms with van der Waals surface area (Å²) in [7, 11) is 1.90. The van der Waals surface area contributed by atoms with Gasteiger partial charge in [0.2, 0.25) is 5.91 Å². The molecule has 0 heterocycles. The van der Waals surface area contributed by atoms with Crippen molar-refractivity contribution in [2.75, 3.05) is 20.1 Å². The lowest BCUT2D eigenvalue weighted by Gasteiger charge is -2.21. The molecule has 3 heteroatoms. The molecule has 1 rings (SSSR count). The van der Waals surface area contributed by atoms with E-state index in [2.05, 4.69) is 6.92 Å². The summed E-state index contributed by atoms with van der Waals surface area (Å²) in [5.74, 6) is 1.89. The molecule has 0 radical (unpaired) electrons. The van der Waals surface area contributed by atoms with Gasteiger partial charge in [0.25, 0.3) is 0 Å². The molecule has 3 nitrogen and oxygen atoms in total. The summed E-state index contributed by atoms with van der Waals surface area (Å²) in [6.45, 7) is 5.73. The van der Waals surface area contributed by atoms with Gasteiger partial charge in [-0.05, 0) is 31.2 Å². The highest BCUT2D eigenvalue weighted by molar-refractivity contribution is 5.78. The summed E-state index contributed by atoms with van der Waals surface area (Å²) in [5, 5.41) is 0. The normalized spacial score (nSPS) is 27.1. The van der Waals surface area contributed by atoms with E-state index in [1.165, 1.54) is 6.42 Å². The molecule has 14 heavy (non-hydrogen) atoms. The van der Waals surface area contributed by atoms with Crippen molar-refractivity contribution in [3.63, 3.8) is 0 Å². The van der Waals surface area contributed by atoms with Gasteiger partial charge in [-0.25, -0.2) is 0 Å². The largest absolute Gasteiger partial charge is 0.345 e. The van der Waals surface area contributed by atoms with Crippen LogP contribution >= 0.6 is 0 Å². The molecule has 82 valence electrons. The second kappa shape index (κ2) is 4.78. The van der Waals surface area contributed by atoms with Gasteiger partial charge >= 0.3 is 0 Å². The number of hydrogen-bond acceptors (Lipinski definition) is 2. The first-order valence-electron chi connectivity index (χ1n) is 5.51. The van der Waals surface area contributed by atoms with Crippen LogP contribution in [0.1, 0.15) is 26.7 Å². The highest BCUT2D eigenvalue weighted by Crippen LogP contribution is 2.38. The van der Waals surface area contributed by atoms with Crippen LogP contribution in [0.4, 0.5) is 0 Å². The van der Waals surface area contributed by atoms with E-state index >= 15 is 0 Å². The first-order chi connectivity index (χ1) is 6.56. The molecule has 0 bridgehead atoms. The SMILES string of the molecule is CC(CCN)C(=O)N(C)CC1CC1C. The molecule has 1 aliphatic rings. The van der Waals surface area contributed by atoms with Gasteiger partial charge in [0.1, 0.15) is 0 Å². The molecule has 3 atom stereocenters. The molecule has 0 aliphatic heterocycles. The van der Waals surface area contributed by atoms with Crippen molar-refractivity contribution >= 4 is 5.91 Å². The average Bonchev–Trinajstić information content (AvgIpc) is 2.80. The van der Waals surface area contributed by atoms with Crippen LogP contribution in [0.2, 0.25) is 0 Å². The van der Waals surface area contributed by atoms with E-state index < -0.39 is 0 Å². The standard InChI is InChI=1S/C11H22N2O/c1-8(4-5-12)11(14)13(3)7-10-6-9(10)2/h8-10H,4-7,12H2,1-3H3. The van der Waals surface area contributed by atoms with Gasteiger partial charge in [-0.1, -0.05) is 13.8 Å². The molecule has 0 spiro atoms. The van der Waals surface area contributed by atoms with Gasteiger partial charge in [0, 0.05) is 19.5 Å². The zero-order valence-electron chi connectivity index (χ0n) is 9.49. The van der Waals surface area contributed by atoms with Gasteiger partial charge in [0.05, 0.1) is 0 Å². The van der Waals surface area contributed by atoms with E-state index in [9.17, 15) is 4.79 Å². The summed E-state index contributed by atoms with van der Waals surface area (Å²) in [6.07, 6.45) is 2.08. The van der Waals surface area contributed by atoms with Crippen LogP contribution < -0.4 is 5.73 Å². The Morgan fingerprint density at radius 1 is 1.64 bits per heavy atom. The minimum Gasteiger partial charge on any atom is -0.345 e. The quantitative estimate of drug-likeness (QED) is 0.718. The molecule has 2 N–H and O–H groups in total. The van der Waals surface area contributed by atoms with E-state index in [0.717, 1.165) is 24.8 Å². The fourth-order valence-corrected chi connectivity index (χ4v) is 1.84. The first kappa shape index (κ1) is 11.5. The number of carbonyl (C=O) groups excluding carboxylic acids is 1. The number of nitrogens with zero attached hydrogens (tertiary/aromatic N) is 1. The van der Waals surface area contributed by atoms with Crippen molar-refractivity contribution in [3.8, 4) is 0 Å². The number of amides is 1. The van der Waals surface area contributed by atoms with Crippen LogP contribution in [0.25, 0.3) is 0 Å². The highest BCUT2D eigenvalue weighted by atomic mass is 16.2. The van der Waals surface area contributed by atoms with Gasteiger partial charge in [0.15, 0.2) is 0 Å². The van der Waals surface area contributed by atoms with Gasteiger partial charge in [-0.15, -0.1) is 0 Å². The van der Waals surface area contributed by atoms with E-state index in [1.807, 2.05) is 18.9 Å². The smallest absolute Gasteiger partial charge is 0.225 e. The van der Waals surface area contributed by atoms with Crippen molar-refractivity contribution < 1.29 is 4.79 Å². The molecule has 0 saturated heterocycles. The zero-order chi connectivity index (χ0) is 10.7. The van der Waals surface area contributed by atoms with E-state index in [1.54, 1.807) is 0 Å². The van der Waals surface area contributed by atoms with Crippen molar-refractivity contribution in [2.24, 2.45) is 23.5 Å². The second-order valence-electron chi connectivity index (χ2n) is 4.67. The molecule has 1 aliphatic carbocycles. The highest BCUT2D eigenvalue weighted by Gasteiger charge is 2.34. The third-order valence-corrected chi connectivity index (χ3v) is 3.18. The zero-order valence-corrected chi connectivity index (χ0v) is 9.49. The average molecular weight is 198 g/mol. The van der Waals surface area contributed by atoms with E-state index in [0.29, 0.717) is 6.54 Å². The Bertz CT molecular complexity index is 205. The molecule has 1 amide bonds. The van der Waals surface area contributed by atoms with E-state index in [-0.39, 0.29) is 11.8 Å². The minimum atomic E-state index is 0.0825. The van der Waals surface area contributed by atoms with Crippen LogP contribution in [-0.4, -0.2) is 30.9 Å². The van der Waals surface area contributed by atoms with Crippen LogP contribution in [0.3, 0.4) is 0 Å². The lowest BCUT2D eigenvalue weighted by molar-refractivity contribution is -0.134. The molecule has 3 unspecified atom stereocenters. The molecular weight excluding hydrogens is 176 g/mol. The van der Waals surface area contributed by atoms with E-state index in [4.69, 9.17) is 5.73 Å². The molecule has 1 saturated carbocycles. The Labute approximate surface area is 86.6 Å². The summed E-state index contributed by atoms with van der Waals surface area (Å²) in [5.41, 5.74) is 5.43. The van der Waals surface area contributed by atoms with Crippen LogP contribution in [0, 0.1) is 17.8 Å². The predicted octanol–water partition coefficient (Wildman–Crippen LogP) is 1.09. The summed E-state index contributed by atoms with van der Waals surface area (Å²) < 4.78 is 0. The second-order valence-corrected chi connectivity index (χ2v) is 4.67. The minimum absolute atomic E-state index is 0.0825. The molecular formula is C11H22N2O. The molecule has 1 fully saturated rings. The van der Waals surface area contributed by atoms with Crippen molar-refractivity contribution in [1.82, 2.24) is 4.90 Å². The van der Waals surface area contributed by atoms with Gasteiger partial charge in [-0.3, -0.25) is 4.79 Å². The maximum atomic E-state index is 11.8. The maximum Gasteiger partial charge on any atom is 0.225 e. The van der Waals surface area contributed by atoms with Crippen molar-refractivity contribution in [1.29, 1.82) is 0 Å². The maximum absolute atomic E-state index is 11.8. The lowest BCUT2D eigenvalue weighted by Crippen LogP contribution is -2.34. The Morgan fingerprint density at radius 2 is 2.21 bits per heavy atom. The molecule has 0 aromatic carbocycles. The summed E-state index contributed by atoms with van der Waals surface area (Å²) in [6, 6.07) is 0. The number of hydrogen-bond donors (Lipinski definition) is 1.